The molecule has 3 aromatic rings. The fourth-order valence-corrected chi connectivity index (χ4v) is 6.93. The van der Waals surface area contributed by atoms with Crippen LogP contribution in [0.3, 0.4) is 0 Å². The molecule has 0 aliphatic carbocycles. The van der Waals surface area contributed by atoms with Crippen LogP contribution in [0.1, 0.15) is 48.5 Å². The maximum atomic E-state index is 13.2. The summed E-state index contributed by atoms with van der Waals surface area (Å²) < 4.78 is 21.6. The van der Waals surface area contributed by atoms with E-state index in [0.717, 1.165) is 88.4 Å². The van der Waals surface area contributed by atoms with E-state index in [2.05, 4.69) is 34.9 Å². The van der Waals surface area contributed by atoms with Crippen LogP contribution in [-0.2, 0) is 17.7 Å². The Bertz CT molecular complexity index is 1290. The molecule has 3 heterocycles. The van der Waals surface area contributed by atoms with E-state index in [1.54, 1.807) is 12.1 Å². The first-order chi connectivity index (χ1) is 19.0. The van der Waals surface area contributed by atoms with E-state index < -0.39 is 0 Å². The van der Waals surface area contributed by atoms with Gasteiger partial charge in [-0.3, -0.25) is 19.1 Å². The number of nitrogens with zero attached hydrogens (tertiary/aromatic N) is 3. The zero-order valence-corrected chi connectivity index (χ0v) is 23.8. The fraction of sp³-hybridized carbons (Fsp3) is 0.548. The van der Waals surface area contributed by atoms with Crippen LogP contribution in [0.4, 0.5) is 4.39 Å². The molecule has 0 radical (unpaired) electrons. The van der Waals surface area contributed by atoms with Crippen LogP contribution in [0.2, 0.25) is 0 Å². The summed E-state index contributed by atoms with van der Waals surface area (Å²) in [6.07, 6.45) is 5.02. The van der Waals surface area contributed by atoms with Crippen molar-refractivity contribution in [3.05, 3.63) is 69.1 Å². The van der Waals surface area contributed by atoms with Crippen LogP contribution in [0.25, 0.3) is 10.2 Å². The smallest absolute Gasteiger partial charge is 0.308 e. The van der Waals surface area contributed by atoms with Crippen molar-refractivity contribution in [1.82, 2.24) is 14.4 Å². The third-order valence-electron chi connectivity index (χ3n) is 8.18. The molecule has 1 atom stereocenters. The third kappa shape index (κ3) is 7.42. The average Bonchev–Trinajstić information content (AvgIpc) is 3.26. The van der Waals surface area contributed by atoms with Gasteiger partial charge in [-0.1, -0.05) is 24.3 Å². The monoisotopic (exact) mass is 553 g/mol. The second-order valence-corrected chi connectivity index (χ2v) is 12.2. The number of Topliss-reactive ketones (excluding diaryl/α,β-unsaturated/α-hetero) is 1. The summed E-state index contributed by atoms with van der Waals surface area (Å²) >= 11 is 1.36. The van der Waals surface area contributed by atoms with Crippen LogP contribution in [-0.4, -0.2) is 72.6 Å². The number of unbranched alkanes of at least 4 members (excludes halogenated alkanes) is 1. The quantitative estimate of drug-likeness (QED) is 0.245. The van der Waals surface area contributed by atoms with E-state index in [1.807, 2.05) is 4.57 Å². The number of hydrogen-bond donors (Lipinski definition) is 0. The van der Waals surface area contributed by atoms with E-state index in [-0.39, 0.29) is 22.4 Å². The Labute approximate surface area is 234 Å². The minimum absolute atomic E-state index is 0.000909. The second-order valence-electron chi connectivity index (χ2n) is 11.2. The summed E-state index contributed by atoms with van der Waals surface area (Å²) in [5.74, 6) is 0.127. The second kappa shape index (κ2) is 13.3. The van der Waals surface area contributed by atoms with Gasteiger partial charge in [-0.25, -0.2) is 4.39 Å². The first-order valence-corrected chi connectivity index (χ1v) is 15.2. The van der Waals surface area contributed by atoms with Gasteiger partial charge in [-0.05, 0) is 99.6 Å². The SMILES string of the molecule is CC(CN1CCC(C(=O)c2ccc(F)cc2)CC1)Cn1c(=O)sc2cc(CCCCN3CCOCC3)ccc21. The van der Waals surface area contributed by atoms with Gasteiger partial charge in [0, 0.05) is 37.7 Å². The van der Waals surface area contributed by atoms with Gasteiger partial charge >= 0.3 is 4.87 Å². The molecule has 2 fully saturated rings. The molecular weight excluding hydrogens is 513 g/mol. The fourth-order valence-electron chi connectivity index (χ4n) is 5.97. The molecule has 0 bridgehead atoms. The Hall–Kier alpha value is -2.39. The van der Waals surface area contributed by atoms with Crippen molar-refractivity contribution in [2.45, 2.75) is 45.6 Å². The molecule has 0 saturated carbocycles. The molecular formula is C31H40FN3O3S. The number of piperidine rings is 1. The van der Waals surface area contributed by atoms with Gasteiger partial charge in [-0.2, -0.15) is 0 Å². The number of ketones is 1. The van der Waals surface area contributed by atoms with E-state index in [0.29, 0.717) is 18.0 Å². The van der Waals surface area contributed by atoms with Crippen molar-refractivity contribution in [2.75, 3.05) is 52.5 Å². The molecule has 2 aliphatic heterocycles. The van der Waals surface area contributed by atoms with E-state index in [4.69, 9.17) is 4.74 Å². The molecule has 1 aromatic heterocycles. The number of thiazole rings is 1. The molecule has 1 unspecified atom stereocenters. The number of fused-ring (bicyclic) bond motifs is 1. The maximum Gasteiger partial charge on any atom is 0.308 e. The summed E-state index contributed by atoms with van der Waals surface area (Å²) in [4.78, 5) is 30.7. The van der Waals surface area contributed by atoms with Crippen LogP contribution in [0, 0.1) is 17.7 Å². The standard InChI is InChI=1S/C31H40FN3O3S/c1-23(21-34-14-11-26(12-15-34)30(36)25-6-8-27(32)9-7-25)22-35-28-10-5-24(20-29(28)39-31(35)37)4-2-3-13-33-16-18-38-19-17-33/h5-10,20,23,26H,2-4,11-19,21-22H2,1H3. The van der Waals surface area contributed by atoms with Crippen LogP contribution < -0.4 is 4.87 Å². The van der Waals surface area contributed by atoms with Crippen LogP contribution in [0.15, 0.2) is 47.3 Å². The van der Waals surface area contributed by atoms with Gasteiger partial charge < -0.3 is 9.64 Å². The first kappa shape index (κ1) is 28.1. The normalized spacial score (nSPS) is 18.5. The van der Waals surface area contributed by atoms with Crippen molar-refractivity contribution in [1.29, 1.82) is 0 Å². The maximum absolute atomic E-state index is 13.2. The highest BCUT2D eigenvalue weighted by Crippen LogP contribution is 2.24. The van der Waals surface area contributed by atoms with Crippen molar-refractivity contribution in [2.24, 2.45) is 11.8 Å². The van der Waals surface area contributed by atoms with Gasteiger partial charge in [0.1, 0.15) is 5.82 Å². The lowest BCUT2D eigenvalue weighted by molar-refractivity contribution is 0.0372. The molecule has 2 saturated heterocycles. The zero-order valence-electron chi connectivity index (χ0n) is 22.9. The van der Waals surface area contributed by atoms with E-state index in [1.165, 1.54) is 35.5 Å². The highest BCUT2D eigenvalue weighted by Gasteiger charge is 2.26. The number of benzene rings is 2. The van der Waals surface area contributed by atoms with Gasteiger partial charge in [0.15, 0.2) is 5.78 Å². The topological polar surface area (TPSA) is 54.8 Å². The molecule has 8 heteroatoms. The average molecular weight is 554 g/mol. The van der Waals surface area contributed by atoms with Gasteiger partial charge in [0.25, 0.3) is 0 Å². The molecule has 6 nitrogen and oxygen atoms in total. The lowest BCUT2D eigenvalue weighted by atomic mass is 9.88. The molecule has 0 N–H and O–H groups in total. The summed E-state index contributed by atoms with van der Waals surface area (Å²) in [7, 11) is 0. The number of carbonyl (C=O) groups is 1. The first-order valence-electron chi connectivity index (χ1n) is 14.4. The number of likely N-dealkylation sites (tertiary alicyclic amines) is 1. The zero-order chi connectivity index (χ0) is 27.2. The van der Waals surface area contributed by atoms with E-state index >= 15 is 0 Å². The van der Waals surface area contributed by atoms with Crippen molar-refractivity contribution >= 4 is 27.3 Å². The van der Waals surface area contributed by atoms with Crippen molar-refractivity contribution in [3.63, 3.8) is 0 Å². The van der Waals surface area contributed by atoms with Crippen LogP contribution in [0.5, 0.6) is 0 Å². The molecule has 0 spiro atoms. The summed E-state index contributed by atoms with van der Waals surface area (Å²) in [5, 5.41) is 0. The molecule has 39 heavy (non-hydrogen) atoms. The van der Waals surface area contributed by atoms with Gasteiger partial charge in [0.2, 0.25) is 0 Å². The molecule has 210 valence electrons. The number of carbonyl (C=O) groups excluding carboxylic acids is 1. The minimum Gasteiger partial charge on any atom is -0.379 e. The molecule has 0 amide bonds. The number of aryl methyl sites for hydroxylation is 1. The number of aromatic nitrogens is 1. The molecule has 2 aromatic carbocycles. The highest BCUT2D eigenvalue weighted by molar-refractivity contribution is 7.16. The Morgan fingerprint density at radius 2 is 1.74 bits per heavy atom. The van der Waals surface area contributed by atoms with Gasteiger partial charge in [-0.15, -0.1) is 0 Å². The van der Waals surface area contributed by atoms with Crippen LogP contribution >= 0.6 is 11.3 Å². The Morgan fingerprint density at radius 3 is 2.49 bits per heavy atom. The minimum atomic E-state index is -0.316. The Morgan fingerprint density at radius 1 is 1.00 bits per heavy atom. The number of hydrogen-bond acceptors (Lipinski definition) is 6. The largest absolute Gasteiger partial charge is 0.379 e. The number of ether oxygens (including phenoxy) is 1. The molecule has 2 aliphatic rings. The van der Waals surface area contributed by atoms with Gasteiger partial charge in [0.05, 0.1) is 23.4 Å². The van der Waals surface area contributed by atoms with Crippen molar-refractivity contribution in [3.8, 4) is 0 Å². The Kier molecular flexibility index (Phi) is 9.61. The number of rotatable bonds is 11. The number of halogens is 1. The summed E-state index contributed by atoms with van der Waals surface area (Å²) in [6, 6.07) is 12.4. The third-order valence-corrected chi connectivity index (χ3v) is 9.12. The predicted molar refractivity (Wildman–Crippen MR) is 155 cm³/mol. The Balaban J connectivity index is 1.09. The van der Waals surface area contributed by atoms with Crippen molar-refractivity contribution < 1.29 is 13.9 Å². The predicted octanol–water partition coefficient (Wildman–Crippen LogP) is 5.09. The molecule has 5 rings (SSSR count). The lowest BCUT2D eigenvalue weighted by Gasteiger charge is -2.33. The summed E-state index contributed by atoms with van der Waals surface area (Å²) in [5.41, 5.74) is 2.95. The lowest BCUT2D eigenvalue weighted by Crippen LogP contribution is -2.39. The summed E-state index contributed by atoms with van der Waals surface area (Å²) in [6.45, 7) is 10.5. The van der Waals surface area contributed by atoms with E-state index in [9.17, 15) is 14.0 Å². The highest BCUT2D eigenvalue weighted by atomic mass is 32.1. The number of morpholine rings is 1.